The van der Waals surface area contributed by atoms with Gasteiger partial charge in [-0.25, -0.2) is 4.79 Å². The van der Waals surface area contributed by atoms with E-state index in [9.17, 15) is 9.90 Å². The fourth-order valence-electron chi connectivity index (χ4n) is 4.50. The van der Waals surface area contributed by atoms with Gasteiger partial charge >= 0.3 is 5.97 Å². The van der Waals surface area contributed by atoms with Crippen molar-refractivity contribution in [1.29, 1.82) is 0 Å². The molecule has 0 spiro atoms. The zero-order valence-corrected chi connectivity index (χ0v) is 16.0. The second-order valence-corrected chi connectivity index (χ2v) is 8.72. The molecular formula is C21H28O4S. The number of carbonyl (C=O) groups is 1. The number of aliphatic hydroxyl groups excluding tert-OH is 1. The Bertz CT molecular complexity index is 618. The van der Waals surface area contributed by atoms with Gasteiger partial charge in [0, 0.05) is 23.0 Å². The van der Waals surface area contributed by atoms with Crippen molar-refractivity contribution in [2.75, 3.05) is 5.75 Å². The van der Waals surface area contributed by atoms with E-state index in [2.05, 4.69) is 6.92 Å². The lowest BCUT2D eigenvalue weighted by Gasteiger charge is -2.32. The molecule has 0 aliphatic carbocycles. The standard InChI is InChI=1S/C21H28O4S/c1-14(26-13-5-8-20(23)24)21-16(18-11-12-19(21)25-18)9-10-17(22)15-6-3-2-4-7-15/h2-8,14,16-19,21-22H,9-13H2,1H3,(H,23,24)/b8-5+. The zero-order valence-electron chi connectivity index (χ0n) is 15.2. The molecule has 2 heterocycles. The summed E-state index contributed by atoms with van der Waals surface area (Å²) in [5.41, 5.74) is 0.981. The highest BCUT2D eigenvalue weighted by atomic mass is 32.2. The Morgan fingerprint density at radius 1 is 1.31 bits per heavy atom. The average Bonchev–Trinajstić information content (AvgIpc) is 3.25. The zero-order chi connectivity index (χ0) is 18.5. The largest absolute Gasteiger partial charge is 0.478 e. The van der Waals surface area contributed by atoms with E-state index in [1.807, 2.05) is 30.3 Å². The molecule has 5 heteroatoms. The van der Waals surface area contributed by atoms with E-state index in [0.717, 1.165) is 31.2 Å². The van der Waals surface area contributed by atoms with Crippen LogP contribution in [0.3, 0.4) is 0 Å². The molecule has 1 aromatic rings. The van der Waals surface area contributed by atoms with Crippen molar-refractivity contribution in [3.05, 3.63) is 48.0 Å². The van der Waals surface area contributed by atoms with Crippen LogP contribution in [-0.2, 0) is 9.53 Å². The van der Waals surface area contributed by atoms with Gasteiger partial charge in [-0.3, -0.25) is 0 Å². The van der Waals surface area contributed by atoms with Gasteiger partial charge < -0.3 is 14.9 Å². The molecule has 3 rings (SSSR count). The summed E-state index contributed by atoms with van der Waals surface area (Å²) in [6, 6.07) is 9.85. The van der Waals surface area contributed by atoms with Gasteiger partial charge in [0.2, 0.25) is 0 Å². The molecule has 2 saturated heterocycles. The van der Waals surface area contributed by atoms with Crippen molar-refractivity contribution in [2.24, 2.45) is 11.8 Å². The molecule has 142 valence electrons. The summed E-state index contributed by atoms with van der Waals surface area (Å²) in [6.07, 6.45) is 7.14. The maximum absolute atomic E-state index is 10.6. The Balaban J connectivity index is 1.55. The topological polar surface area (TPSA) is 66.8 Å². The fraction of sp³-hybridized carbons (Fsp3) is 0.571. The molecule has 2 aliphatic heterocycles. The maximum Gasteiger partial charge on any atom is 0.328 e. The number of hydrogen-bond acceptors (Lipinski definition) is 4. The minimum Gasteiger partial charge on any atom is -0.478 e. The number of carboxylic acid groups (broad SMARTS) is 1. The van der Waals surface area contributed by atoms with Gasteiger partial charge in [-0.05, 0) is 37.2 Å². The third kappa shape index (κ3) is 4.70. The molecule has 1 aromatic carbocycles. The van der Waals surface area contributed by atoms with E-state index in [0.29, 0.717) is 35.0 Å². The summed E-state index contributed by atoms with van der Waals surface area (Å²) < 4.78 is 6.19. The van der Waals surface area contributed by atoms with E-state index in [1.165, 1.54) is 6.08 Å². The van der Waals surface area contributed by atoms with Crippen molar-refractivity contribution in [3.8, 4) is 0 Å². The maximum atomic E-state index is 10.6. The van der Waals surface area contributed by atoms with Crippen LogP contribution in [0.4, 0.5) is 0 Å². The lowest BCUT2D eigenvalue weighted by atomic mass is 9.75. The smallest absolute Gasteiger partial charge is 0.328 e. The SMILES string of the molecule is CC(SC/C=C/C(=O)O)C1C2CCC(O2)C1CCC(O)c1ccccc1. The highest BCUT2D eigenvalue weighted by Crippen LogP contribution is 2.49. The summed E-state index contributed by atoms with van der Waals surface area (Å²) in [6.45, 7) is 2.23. The Morgan fingerprint density at radius 2 is 2.04 bits per heavy atom. The molecule has 0 aromatic heterocycles. The number of carboxylic acids is 1. The predicted molar refractivity (Wildman–Crippen MR) is 104 cm³/mol. The van der Waals surface area contributed by atoms with E-state index in [-0.39, 0.29) is 0 Å². The fourth-order valence-corrected chi connectivity index (χ4v) is 5.61. The van der Waals surface area contributed by atoms with Crippen LogP contribution in [0.2, 0.25) is 0 Å². The normalized spacial score (nSPS) is 29.9. The number of aliphatic hydroxyl groups is 1. The summed E-state index contributed by atoms with van der Waals surface area (Å²) in [5, 5.41) is 19.6. The summed E-state index contributed by atoms with van der Waals surface area (Å²) >= 11 is 1.80. The summed E-state index contributed by atoms with van der Waals surface area (Å²) in [4.78, 5) is 10.6. The van der Waals surface area contributed by atoms with E-state index in [1.54, 1.807) is 17.8 Å². The second kappa shape index (κ2) is 9.07. The van der Waals surface area contributed by atoms with Crippen molar-refractivity contribution >= 4 is 17.7 Å². The van der Waals surface area contributed by atoms with Crippen LogP contribution >= 0.6 is 11.8 Å². The number of thioether (sulfide) groups is 1. The highest BCUT2D eigenvalue weighted by Gasteiger charge is 2.50. The van der Waals surface area contributed by atoms with Gasteiger partial charge in [-0.2, -0.15) is 11.8 Å². The molecule has 6 unspecified atom stereocenters. The lowest BCUT2D eigenvalue weighted by Crippen LogP contribution is -2.34. The molecule has 4 nitrogen and oxygen atoms in total. The summed E-state index contributed by atoms with van der Waals surface area (Å²) in [7, 11) is 0. The molecule has 2 aliphatic rings. The van der Waals surface area contributed by atoms with Gasteiger partial charge in [-0.1, -0.05) is 43.3 Å². The first-order chi connectivity index (χ1) is 12.6. The Morgan fingerprint density at radius 3 is 2.77 bits per heavy atom. The number of aliphatic carboxylic acids is 1. The highest BCUT2D eigenvalue weighted by molar-refractivity contribution is 8.00. The third-order valence-electron chi connectivity index (χ3n) is 5.70. The molecule has 2 N–H and O–H groups in total. The van der Waals surface area contributed by atoms with Gasteiger partial charge in [0.05, 0.1) is 18.3 Å². The number of rotatable bonds is 9. The van der Waals surface area contributed by atoms with E-state index < -0.39 is 12.1 Å². The predicted octanol–water partition coefficient (Wildman–Crippen LogP) is 4.06. The van der Waals surface area contributed by atoms with E-state index >= 15 is 0 Å². The van der Waals surface area contributed by atoms with E-state index in [4.69, 9.17) is 9.84 Å². The van der Waals surface area contributed by atoms with Crippen molar-refractivity contribution < 1.29 is 19.7 Å². The quantitative estimate of drug-likeness (QED) is 0.636. The Labute approximate surface area is 159 Å². The van der Waals surface area contributed by atoms with Crippen molar-refractivity contribution in [1.82, 2.24) is 0 Å². The van der Waals surface area contributed by atoms with Crippen LogP contribution in [-0.4, -0.2) is 39.4 Å². The van der Waals surface area contributed by atoms with Gasteiger partial charge in [0.25, 0.3) is 0 Å². The average molecular weight is 377 g/mol. The number of benzene rings is 1. The monoisotopic (exact) mass is 376 g/mol. The number of ether oxygens (including phenoxy) is 1. The lowest BCUT2D eigenvalue weighted by molar-refractivity contribution is -0.131. The minimum atomic E-state index is -0.894. The van der Waals surface area contributed by atoms with Crippen molar-refractivity contribution in [2.45, 2.75) is 56.2 Å². The van der Waals surface area contributed by atoms with Crippen LogP contribution in [0.1, 0.15) is 44.3 Å². The van der Waals surface area contributed by atoms with Gasteiger partial charge in [0.15, 0.2) is 0 Å². The van der Waals surface area contributed by atoms with Crippen LogP contribution in [0.15, 0.2) is 42.5 Å². The van der Waals surface area contributed by atoms with Crippen molar-refractivity contribution in [3.63, 3.8) is 0 Å². The molecule has 26 heavy (non-hydrogen) atoms. The third-order valence-corrected chi connectivity index (χ3v) is 6.93. The molecule has 2 bridgehead atoms. The molecule has 2 fully saturated rings. The Hall–Kier alpha value is -1.30. The molecule has 0 radical (unpaired) electrons. The molecule has 0 saturated carbocycles. The van der Waals surface area contributed by atoms with Crippen LogP contribution in [0.5, 0.6) is 0 Å². The first-order valence-corrected chi connectivity index (χ1v) is 10.5. The first-order valence-electron chi connectivity index (χ1n) is 9.46. The van der Waals surface area contributed by atoms with Crippen LogP contribution in [0.25, 0.3) is 0 Å². The summed E-state index contributed by atoms with van der Waals surface area (Å²) in [5.74, 6) is 0.785. The second-order valence-electron chi connectivity index (χ2n) is 7.31. The van der Waals surface area contributed by atoms with Crippen LogP contribution < -0.4 is 0 Å². The Kier molecular flexibility index (Phi) is 6.79. The minimum absolute atomic E-state index is 0.324. The number of hydrogen-bond donors (Lipinski definition) is 2. The molecule has 0 amide bonds. The van der Waals surface area contributed by atoms with Gasteiger partial charge in [-0.15, -0.1) is 0 Å². The van der Waals surface area contributed by atoms with Gasteiger partial charge in [0.1, 0.15) is 0 Å². The number of fused-ring (bicyclic) bond motifs is 2. The first kappa shape index (κ1) is 19.5. The molecular weight excluding hydrogens is 348 g/mol. The van der Waals surface area contributed by atoms with Crippen LogP contribution in [0, 0.1) is 11.8 Å². The molecule has 6 atom stereocenters.